The van der Waals surface area contributed by atoms with Crippen molar-refractivity contribution in [3.63, 3.8) is 0 Å². The van der Waals surface area contributed by atoms with E-state index in [-0.39, 0.29) is 22.6 Å². The average molecular weight is 529 g/mol. The summed E-state index contributed by atoms with van der Waals surface area (Å²) < 4.78 is 42.2. The second-order valence-corrected chi connectivity index (χ2v) is 8.92. The number of carbonyl (C=O) groups excluding carboxylic acids is 3. The third-order valence-corrected chi connectivity index (χ3v) is 6.11. The fourth-order valence-corrected chi connectivity index (χ4v) is 4.15. The van der Waals surface area contributed by atoms with E-state index in [0.29, 0.717) is 26.2 Å². The molecule has 2 heterocycles. The molecule has 38 heavy (non-hydrogen) atoms. The van der Waals surface area contributed by atoms with E-state index in [1.165, 1.54) is 31.2 Å². The normalized spacial score (nSPS) is 14.8. The van der Waals surface area contributed by atoms with Gasteiger partial charge in [0.05, 0.1) is 10.9 Å². The number of esters is 3. The summed E-state index contributed by atoms with van der Waals surface area (Å²) >= 11 is 0. The predicted octanol–water partition coefficient (Wildman–Crippen LogP) is 2.01. The number of nitrogens with zero attached hydrogens (tertiary/aromatic N) is 3. The van der Waals surface area contributed by atoms with Crippen LogP contribution >= 0.6 is 0 Å². The molecule has 1 unspecified atom stereocenters. The van der Waals surface area contributed by atoms with Crippen molar-refractivity contribution in [2.24, 2.45) is 0 Å². The van der Waals surface area contributed by atoms with E-state index in [4.69, 9.17) is 4.74 Å². The van der Waals surface area contributed by atoms with Crippen LogP contribution < -0.4 is 15.1 Å². The van der Waals surface area contributed by atoms with E-state index in [9.17, 15) is 24.3 Å². The van der Waals surface area contributed by atoms with Crippen LogP contribution in [0, 0.1) is 11.6 Å². The molecule has 1 atom stereocenters. The Morgan fingerprint density at radius 2 is 1.68 bits per heavy atom. The molecule has 12 heteroatoms. The van der Waals surface area contributed by atoms with Gasteiger partial charge in [0.1, 0.15) is 28.9 Å². The Labute approximate surface area is 215 Å². The summed E-state index contributed by atoms with van der Waals surface area (Å²) in [6.45, 7) is 4.14. The fraction of sp³-hybridized carbons (Fsp3) is 0.308. The minimum atomic E-state index is -1.64. The van der Waals surface area contributed by atoms with Crippen molar-refractivity contribution >= 4 is 34.5 Å². The van der Waals surface area contributed by atoms with Gasteiger partial charge in [0, 0.05) is 45.0 Å². The molecule has 0 bridgehead atoms. The zero-order valence-corrected chi connectivity index (χ0v) is 20.9. The van der Waals surface area contributed by atoms with Gasteiger partial charge in [0.15, 0.2) is 5.82 Å². The summed E-state index contributed by atoms with van der Waals surface area (Å²) in [5.41, 5.74) is -2.11. The number of anilines is 1. The van der Waals surface area contributed by atoms with Crippen molar-refractivity contribution in [2.45, 2.75) is 20.0 Å². The first kappa shape index (κ1) is 26.9. The van der Waals surface area contributed by atoms with Crippen molar-refractivity contribution < 1.29 is 37.7 Å². The molecule has 3 aromatic rings. The number of hydrogen-bond acceptors (Lipinski definition) is 9. The molecule has 10 nitrogen and oxygen atoms in total. The number of fused-ring (bicyclic) bond motifs is 1. The smallest absolute Gasteiger partial charge is 0.351 e. The largest absolute Gasteiger partial charge is 0.427 e. The molecule has 1 aromatic heterocycles. The number of aromatic nitrogens is 1. The highest BCUT2D eigenvalue weighted by Crippen LogP contribution is 2.32. The number of rotatable bonds is 5. The minimum absolute atomic E-state index is 0.193. The summed E-state index contributed by atoms with van der Waals surface area (Å²) in [5, 5.41) is 8.91. The molecule has 1 fully saturated rings. The number of pyridine rings is 1. The lowest BCUT2D eigenvalue weighted by atomic mass is 10.1. The molecular formula is C26H25F2N3O7. The molecule has 0 radical (unpaired) electrons. The quantitative estimate of drug-likeness (QED) is 0.301. The van der Waals surface area contributed by atoms with Gasteiger partial charge in [-0.1, -0.05) is 0 Å². The molecule has 1 aliphatic rings. The van der Waals surface area contributed by atoms with Gasteiger partial charge in [-0.25, -0.2) is 18.4 Å². The lowest BCUT2D eigenvalue weighted by Crippen LogP contribution is -2.45. The number of aliphatic hydroxyl groups excluding tert-OH is 1. The first-order chi connectivity index (χ1) is 18.0. The number of ether oxygens (including phenoxy) is 2. The van der Waals surface area contributed by atoms with Gasteiger partial charge in [-0.15, -0.1) is 0 Å². The Morgan fingerprint density at radius 3 is 2.26 bits per heavy atom. The Kier molecular flexibility index (Phi) is 7.56. The highest BCUT2D eigenvalue weighted by atomic mass is 19.1. The third-order valence-electron chi connectivity index (χ3n) is 6.11. The topological polar surface area (TPSA) is 118 Å². The maximum absolute atomic E-state index is 16.1. The molecule has 1 aliphatic heterocycles. The van der Waals surface area contributed by atoms with Gasteiger partial charge in [-0.3, -0.25) is 9.59 Å². The molecule has 200 valence electrons. The van der Waals surface area contributed by atoms with Gasteiger partial charge >= 0.3 is 17.9 Å². The van der Waals surface area contributed by atoms with Crippen LogP contribution in [0.5, 0.6) is 5.75 Å². The van der Waals surface area contributed by atoms with Crippen LogP contribution in [0.4, 0.5) is 14.5 Å². The molecule has 1 saturated heterocycles. The summed E-state index contributed by atoms with van der Waals surface area (Å²) in [6, 6.07) is 6.56. The maximum Gasteiger partial charge on any atom is 0.351 e. The minimum Gasteiger partial charge on any atom is -0.427 e. The molecule has 4 rings (SSSR count). The number of likely N-dealkylation sites (N-methyl/N-ethyl adjacent to an activating group) is 1. The summed E-state index contributed by atoms with van der Waals surface area (Å²) in [4.78, 5) is 52.5. The number of piperazine rings is 1. The Balaban J connectivity index is 1.95. The van der Waals surface area contributed by atoms with Crippen molar-refractivity contribution in [2.75, 3.05) is 38.1 Å². The van der Waals surface area contributed by atoms with Gasteiger partial charge in [0.25, 0.3) is 0 Å². The zero-order valence-electron chi connectivity index (χ0n) is 20.9. The van der Waals surface area contributed by atoms with Crippen LogP contribution in [-0.2, 0) is 14.3 Å². The van der Waals surface area contributed by atoms with Gasteiger partial charge in [0.2, 0.25) is 5.43 Å². The standard InChI is InChI=1S/C26H25F2N3O7/c1-14(32)25(35)38-26(36)19-13-31(16-4-6-17(7-5-16)37-15(2)33)22-18(24(19)34)12-20(27)23(21(22)28)30-10-8-29(3)9-11-30/h4-7,12-14,32H,8-11H2,1-3H3. The third kappa shape index (κ3) is 5.27. The van der Waals surface area contributed by atoms with E-state index < -0.39 is 52.0 Å². The summed E-state index contributed by atoms with van der Waals surface area (Å²) in [7, 11) is 1.89. The number of hydrogen-bond donors (Lipinski definition) is 1. The van der Waals surface area contributed by atoms with E-state index in [1.54, 1.807) is 4.90 Å². The lowest BCUT2D eigenvalue weighted by Gasteiger charge is -2.34. The van der Waals surface area contributed by atoms with Gasteiger partial charge in [-0.05, 0) is 44.3 Å². The SMILES string of the molecule is CC(=O)Oc1ccc(-n2cc(C(=O)OC(=O)C(C)O)c(=O)c3cc(F)c(N4CCN(C)CC4)c(F)c32)cc1. The maximum atomic E-state index is 16.1. The molecule has 0 spiro atoms. The Bertz CT molecular complexity index is 1480. The molecule has 2 aromatic carbocycles. The molecule has 1 N–H and O–H groups in total. The molecule has 0 amide bonds. The second-order valence-electron chi connectivity index (χ2n) is 8.92. The van der Waals surface area contributed by atoms with Crippen molar-refractivity contribution in [3.8, 4) is 11.4 Å². The van der Waals surface area contributed by atoms with Crippen LogP contribution in [-0.4, -0.2) is 71.8 Å². The number of aliphatic hydroxyl groups is 1. The van der Waals surface area contributed by atoms with Crippen molar-refractivity contribution in [1.82, 2.24) is 9.47 Å². The van der Waals surface area contributed by atoms with E-state index in [0.717, 1.165) is 23.8 Å². The van der Waals surface area contributed by atoms with Crippen LogP contribution in [0.1, 0.15) is 24.2 Å². The Morgan fingerprint density at radius 1 is 1.05 bits per heavy atom. The number of carbonyl (C=O) groups is 3. The second kappa shape index (κ2) is 10.7. The zero-order chi connectivity index (χ0) is 27.7. The van der Waals surface area contributed by atoms with Gasteiger partial charge in [-0.2, -0.15) is 0 Å². The van der Waals surface area contributed by atoms with Crippen LogP contribution in [0.3, 0.4) is 0 Å². The van der Waals surface area contributed by atoms with Crippen LogP contribution in [0.15, 0.2) is 41.3 Å². The fourth-order valence-electron chi connectivity index (χ4n) is 4.15. The highest BCUT2D eigenvalue weighted by molar-refractivity contribution is 6.00. The van der Waals surface area contributed by atoms with Crippen LogP contribution in [0.25, 0.3) is 16.6 Å². The van der Waals surface area contributed by atoms with E-state index in [2.05, 4.69) is 4.74 Å². The van der Waals surface area contributed by atoms with Crippen LogP contribution in [0.2, 0.25) is 0 Å². The lowest BCUT2D eigenvalue weighted by molar-refractivity contribution is -0.146. The summed E-state index contributed by atoms with van der Waals surface area (Å²) in [5.74, 6) is -5.05. The predicted molar refractivity (Wildman–Crippen MR) is 133 cm³/mol. The number of halogens is 2. The number of benzene rings is 2. The van der Waals surface area contributed by atoms with Crippen molar-refractivity contribution in [3.05, 3.63) is 63.9 Å². The summed E-state index contributed by atoms with van der Waals surface area (Å²) in [6.07, 6.45) is -0.658. The van der Waals surface area contributed by atoms with E-state index in [1.807, 2.05) is 11.9 Å². The van der Waals surface area contributed by atoms with Crippen molar-refractivity contribution in [1.29, 1.82) is 0 Å². The van der Waals surface area contributed by atoms with Gasteiger partial charge < -0.3 is 28.9 Å². The monoisotopic (exact) mass is 529 g/mol. The molecular weight excluding hydrogens is 504 g/mol. The molecule has 0 aliphatic carbocycles. The van der Waals surface area contributed by atoms with E-state index >= 15 is 8.78 Å². The average Bonchev–Trinajstić information content (AvgIpc) is 2.85. The molecule has 0 saturated carbocycles. The Hall–Kier alpha value is -4.16. The first-order valence-corrected chi connectivity index (χ1v) is 11.7. The first-order valence-electron chi connectivity index (χ1n) is 11.7. The highest BCUT2D eigenvalue weighted by Gasteiger charge is 2.28.